The molecule has 2 atom stereocenters. The van der Waals surface area contributed by atoms with Gasteiger partial charge in [0.05, 0.1) is 0 Å². The van der Waals surface area contributed by atoms with Crippen molar-refractivity contribution in [2.75, 3.05) is 23.3 Å². The average molecular weight is 442 g/mol. The van der Waals surface area contributed by atoms with Gasteiger partial charge in [-0.25, -0.2) is 15.0 Å². The maximum Gasteiger partial charge on any atom is 0.433 e. The molecule has 2 unspecified atom stereocenters. The van der Waals surface area contributed by atoms with Gasteiger partial charge in [-0.3, -0.25) is 0 Å². The van der Waals surface area contributed by atoms with Crippen LogP contribution < -0.4 is 15.5 Å². The number of nitrogens with zero attached hydrogens (tertiary/aromatic N) is 4. The smallest absolute Gasteiger partial charge is 0.354 e. The molecule has 0 amide bonds. The predicted molar refractivity (Wildman–Crippen MR) is 119 cm³/mol. The van der Waals surface area contributed by atoms with E-state index in [1.807, 2.05) is 37.3 Å². The molecule has 32 heavy (non-hydrogen) atoms. The van der Waals surface area contributed by atoms with Crippen LogP contribution in [-0.4, -0.2) is 40.1 Å². The molecule has 0 bridgehead atoms. The van der Waals surface area contributed by atoms with Crippen molar-refractivity contribution in [1.82, 2.24) is 20.3 Å². The molecule has 0 saturated carbocycles. The summed E-state index contributed by atoms with van der Waals surface area (Å²) in [6.07, 6.45) is -1.64. The summed E-state index contributed by atoms with van der Waals surface area (Å²) in [6.45, 7) is 7.98. The van der Waals surface area contributed by atoms with E-state index in [0.717, 1.165) is 47.9 Å². The van der Waals surface area contributed by atoms with E-state index < -0.39 is 11.9 Å². The fourth-order valence-corrected chi connectivity index (χ4v) is 4.01. The second-order valence-electron chi connectivity index (χ2n) is 8.25. The monoisotopic (exact) mass is 442 g/mol. The first-order valence-corrected chi connectivity index (χ1v) is 10.4. The third-order valence-corrected chi connectivity index (χ3v) is 5.24. The quantitative estimate of drug-likeness (QED) is 0.605. The van der Waals surface area contributed by atoms with Crippen molar-refractivity contribution in [1.29, 1.82) is 0 Å². The molecule has 4 rings (SSSR count). The molecule has 3 aromatic rings. The van der Waals surface area contributed by atoms with Crippen LogP contribution in [0.1, 0.15) is 25.1 Å². The third kappa shape index (κ3) is 5.16. The van der Waals surface area contributed by atoms with Gasteiger partial charge >= 0.3 is 6.18 Å². The Morgan fingerprint density at radius 3 is 2.41 bits per heavy atom. The molecule has 1 aliphatic heterocycles. The van der Waals surface area contributed by atoms with E-state index in [1.165, 1.54) is 0 Å². The Balaban J connectivity index is 1.61. The van der Waals surface area contributed by atoms with Gasteiger partial charge in [0.25, 0.3) is 0 Å². The Kier molecular flexibility index (Phi) is 6.01. The summed E-state index contributed by atoms with van der Waals surface area (Å²) in [5.74, 6) is 0.801. The number of aromatic nitrogens is 3. The second-order valence-corrected chi connectivity index (χ2v) is 8.25. The molecule has 2 N–H and O–H groups in total. The number of rotatable bonds is 4. The topological polar surface area (TPSA) is 66.0 Å². The van der Waals surface area contributed by atoms with Gasteiger partial charge in [0, 0.05) is 43.3 Å². The first-order chi connectivity index (χ1) is 15.2. The molecule has 0 aliphatic carbocycles. The fourth-order valence-electron chi connectivity index (χ4n) is 4.01. The van der Waals surface area contributed by atoms with E-state index in [1.54, 1.807) is 6.20 Å². The molecule has 9 heteroatoms. The molecule has 1 fully saturated rings. The number of aryl methyl sites for hydroxylation is 1. The molecule has 168 valence electrons. The van der Waals surface area contributed by atoms with Gasteiger partial charge in [-0.1, -0.05) is 6.07 Å². The van der Waals surface area contributed by atoms with Crippen LogP contribution in [0.2, 0.25) is 0 Å². The lowest BCUT2D eigenvalue weighted by molar-refractivity contribution is -0.141. The van der Waals surface area contributed by atoms with Crippen LogP contribution in [0.25, 0.3) is 11.1 Å². The Hall–Kier alpha value is -3.20. The maximum atomic E-state index is 13.0. The van der Waals surface area contributed by atoms with Crippen molar-refractivity contribution in [2.45, 2.75) is 39.0 Å². The van der Waals surface area contributed by atoms with Crippen LogP contribution in [0.15, 0.2) is 48.8 Å². The minimum atomic E-state index is -4.52. The van der Waals surface area contributed by atoms with Crippen molar-refractivity contribution in [3.63, 3.8) is 0 Å². The lowest BCUT2D eigenvalue weighted by atomic mass is 10.0. The molecule has 0 radical (unpaired) electrons. The minimum Gasteiger partial charge on any atom is -0.354 e. The van der Waals surface area contributed by atoms with Crippen molar-refractivity contribution in [3.8, 4) is 11.1 Å². The zero-order valence-corrected chi connectivity index (χ0v) is 18.1. The normalized spacial score (nSPS) is 19.1. The summed E-state index contributed by atoms with van der Waals surface area (Å²) in [5.41, 5.74) is 2.49. The van der Waals surface area contributed by atoms with Crippen LogP contribution in [0.4, 0.5) is 30.6 Å². The largest absolute Gasteiger partial charge is 0.433 e. The van der Waals surface area contributed by atoms with Crippen LogP contribution in [0.3, 0.4) is 0 Å². The predicted octanol–water partition coefficient (Wildman–Crippen LogP) is 4.80. The van der Waals surface area contributed by atoms with E-state index in [2.05, 4.69) is 44.3 Å². The highest BCUT2D eigenvalue weighted by atomic mass is 19.4. The van der Waals surface area contributed by atoms with Gasteiger partial charge < -0.3 is 15.5 Å². The van der Waals surface area contributed by atoms with E-state index >= 15 is 0 Å². The molecule has 0 spiro atoms. The molecule has 6 nitrogen and oxygen atoms in total. The van der Waals surface area contributed by atoms with Crippen LogP contribution in [-0.2, 0) is 6.18 Å². The van der Waals surface area contributed by atoms with Gasteiger partial charge in [-0.2, -0.15) is 13.2 Å². The number of halogens is 3. The number of hydrogen-bond acceptors (Lipinski definition) is 6. The van der Waals surface area contributed by atoms with Crippen molar-refractivity contribution in [3.05, 3.63) is 60.0 Å². The summed E-state index contributed by atoms with van der Waals surface area (Å²) < 4.78 is 38.9. The highest BCUT2D eigenvalue weighted by Crippen LogP contribution is 2.30. The van der Waals surface area contributed by atoms with Crippen molar-refractivity contribution >= 4 is 17.5 Å². The number of nitrogens with one attached hydrogen (secondary N) is 2. The van der Waals surface area contributed by atoms with Crippen molar-refractivity contribution in [2.24, 2.45) is 0 Å². The van der Waals surface area contributed by atoms with Gasteiger partial charge in [0.15, 0.2) is 0 Å². The SMILES string of the molecule is Cc1cc(Nc2nccc(C(F)(F)F)n2)cc(-c2ccnc(N3CC(C)NC(C)C3)c2)c1. The zero-order chi connectivity index (χ0) is 22.9. The number of pyridine rings is 1. The van der Waals surface area contributed by atoms with Crippen molar-refractivity contribution < 1.29 is 13.2 Å². The van der Waals surface area contributed by atoms with Gasteiger partial charge in [-0.05, 0) is 67.8 Å². The first kappa shape index (κ1) is 22.0. The molecular weight excluding hydrogens is 417 g/mol. The summed E-state index contributed by atoms with van der Waals surface area (Å²) in [6, 6.07) is 11.3. The Labute approximate surface area is 184 Å². The third-order valence-electron chi connectivity index (χ3n) is 5.24. The fraction of sp³-hybridized carbons (Fsp3) is 0.348. The zero-order valence-electron chi connectivity index (χ0n) is 18.1. The Morgan fingerprint density at radius 2 is 1.69 bits per heavy atom. The molecule has 3 heterocycles. The lowest BCUT2D eigenvalue weighted by Crippen LogP contribution is -2.54. The number of benzene rings is 1. The number of hydrogen-bond donors (Lipinski definition) is 2. The van der Waals surface area contributed by atoms with Gasteiger partial charge in [0.1, 0.15) is 11.5 Å². The summed E-state index contributed by atoms with van der Waals surface area (Å²) in [5, 5.41) is 6.42. The number of anilines is 3. The lowest BCUT2D eigenvalue weighted by Gasteiger charge is -2.37. The van der Waals surface area contributed by atoms with Crippen LogP contribution >= 0.6 is 0 Å². The first-order valence-electron chi connectivity index (χ1n) is 10.4. The maximum absolute atomic E-state index is 13.0. The van der Waals surface area contributed by atoms with Crippen LogP contribution in [0.5, 0.6) is 0 Å². The van der Waals surface area contributed by atoms with E-state index in [-0.39, 0.29) is 5.95 Å². The van der Waals surface area contributed by atoms with E-state index in [9.17, 15) is 13.2 Å². The molecule has 1 saturated heterocycles. The summed E-state index contributed by atoms with van der Waals surface area (Å²) in [4.78, 5) is 14.3. The molecular formula is C23H25F3N6. The minimum absolute atomic E-state index is 0.101. The van der Waals surface area contributed by atoms with E-state index in [4.69, 9.17) is 0 Å². The van der Waals surface area contributed by atoms with Gasteiger partial charge in [-0.15, -0.1) is 0 Å². The molecule has 2 aromatic heterocycles. The molecule has 1 aromatic carbocycles. The highest BCUT2D eigenvalue weighted by molar-refractivity contribution is 5.72. The average Bonchev–Trinajstić information content (AvgIpc) is 2.72. The van der Waals surface area contributed by atoms with E-state index in [0.29, 0.717) is 17.8 Å². The Bertz CT molecular complexity index is 1090. The molecule has 1 aliphatic rings. The standard InChI is InChI=1S/C23H25F3N6/c1-14-8-18(10-19(9-14)30-22-28-7-5-20(31-22)23(24,25)26)17-4-6-27-21(11-17)32-12-15(2)29-16(3)13-32/h4-11,15-16,29H,12-13H2,1-3H3,(H,28,30,31). The summed E-state index contributed by atoms with van der Waals surface area (Å²) in [7, 11) is 0. The Morgan fingerprint density at radius 1 is 0.969 bits per heavy atom. The highest BCUT2D eigenvalue weighted by Gasteiger charge is 2.32. The number of piperazine rings is 1. The summed E-state index contributed by atoms with van der Waals surface area (Å²) >= 11 is 0. The van der Waals surface area contributed by atoms with Crippen LogP contribution in [0, 0.1) is 6.92 Å². The second kappa shape index (κ2) is 8.74. The number of alkyl halides is 3. The van der Waals surface area contributed by atoms with Gasteiger partial charge in [0.2, 0.25) is 5.95 Å².